The fourth-order valence-electron chi connectivity index (χ4n) is 15.8. The van der Waals surface area contributed by atoms with Gasteiger partial charge in [0.05, 0.1) is 49.3 Å². The Balaban J connectivity index is 1.07. The van der Waals surface area contributed by atoms with Gasteiger partial charge in [-0.1, -0.05) is 46.3 Å². The zero-order valence-corrected chi connectivity index (χ0v) is 45.8. The molecular weight excluding hydrogens is 1050 g/mol. The molecule has 8 aliphatic rings. The largest absolute Gasteiger partial charge is 0.481 e. The average Bonchev–Trinajstić information content (AvgIpc) is 3.10. The quantitative estimate of drug-likeness (QED) is 0.0645. The molecule has 0 radical (unpaired) electrons. The third-order valence-electron chi connectivity index (χ3n) is 20.7. The molecule has 3 aliphatic heterocycles. The molecule has 79 heavy (non-hydrogen) atoms. The van der Waals surface area contributed by atoms with E-state index in [1.807, 2.05) is 0 Å². The first-order chi connectivity index (χ1) is 36.6. The summed E-state index contributed by atoms with van der Waals surface area (Å²) in [6.07, 6.45) is -26.9. The standard InChI is InChI=1S/C54H84O25/c1-48(2)14-15-54(24(16-48)23-8-9-28-50(4)12-11-30(56)53(7,46(69)70)29(50)10-13-51(28,5)52(23,6)17-31(54)57)47(71)79-45-41(68)42(78-44-40(67)37(64)34(61)25(20-55)75-44)36(63)27(77-45)22-74-43-39(66)38(65)35(62)26(76-43)21-73-33(60)19-49(3,72)18-32(58)59/h8,24-31,34-45,55-57,61-68,72H,9-22H2,1-7H3,(H,58,59)(H,69,70). The number of aliphatic hydroxyl groups is 12. The fraction of sp³-hybridized carbons (Fsp3) is 0.889. The second kappa shape index (κ2) is 22.2. The van der Waals surface area contributed by atoms with Crippen LogP contribution in [0.15, 0.2) is 11.6 Å². The van der Waals surface area contributed by atoms with Crippen molar-refractivity contribution in [3.05, 3.63) is 11.6 Å². The lowest BCUT2D eigenvalue weighted by Gasteiger charge is -2.71. The van der Waals surface area contributed by atoms with Crippen LogP contribution in [-0.2, 0) is 52.3 Å². The van der Waals surface area contributed by atoms with Crippen molar-refractivity contribution in [3.8, 4) is 0 Å². The molecule has 3 saturated heterocycles. The van der Waals surface area contributed by atoms with Crippen LogP contribution in [0.25, 0.3) is 0 Å². The summed E-state index contributed by atoms with van der Waals surface area (Å²) >= 11 is 0. The summed E-state index contributed by atoms with van der Waals surface area (Å²) in [5, 5.41) is 153. The van der Waals surface area contributed by atoms with Gasteiger partial charge >= 0.3 is 23.9 Å². The Kier molecular flexibility index (Phi) is 17.4. The van der Waals surface area contributed by atoms with Crippen LogP contribution in [0.1, 0.15) is 119 Å². The first-order valence-corrected chi connectivity index (χ1v) is 27.5. The summed E-state index contributed by atoms with van der Waals surface area (Å²) in [5.74, 6) is -5.55. The Hall–Kier alpha value is -3.06. The van der Waals surface area contributed by atoms with Gasteiger partial charge in [0, 0.05) is 0 Å². The molecule has 450 valence electrons. The number of allylic oxidation sites excluding steroid dienone is 2. The maximum absolute atomic E-state index is 15.5. The molecule has 8 rings (SSSR count). The van der Waals surface area contributed by atoms with E-state index in [0.717, 1.165) is 12.5 Å². The van der Waals surface area contributed by atoms with E-state index >= 15 is 4.79 Å². The van der Waals surface area contributed by atoms with Gasteiger partial charge in [-0.3, -0.25) is 19.2 Å². The van der Waals surface area contributed by atoms with E-state index in [4.69, 9.17) is 38.3 Å². The lowest BCUT2D eigenvalue weighted by Crippen LogP contribution is -2.69. The van der Waals surface area contributed by atoms with Crippen molar-refractivity contribution in [1.29, 1.82) is 0 Å². The number of aliphatic carboxylic acids is 2. The van der Waals surface area contributed by atoms with Gasteiger partial charge in [-0.2, -0.15) is 0 Å². The molecule has 0 amide bonds. The summed E-state index contributed by atoms with van der Waals surface area (Å²) in [6.45, 7) is 10.8. The maximum atomic E-state index is 15.5. The van der Waals surface area contributed by atoms with Gasteiger partial charge in [0.25, 0.3) is 0 Å². The predicted octanol–water partition coefficient (Wildman–Crippen LogP) is -1.66. The van der Waals surface area contributed by atoms with E-state index < -0.39 is 199 Å². The fourth-order valence-corrected chi connectivity index (χ4v) is 15.8. The summed E-state index contributed by atoms with van der Waals surface area (Å²) in [5.41, 5.74) is -6.18. The van der Waals surface area contributed by atoms with Crippen molar-refractivity contribution in [2.75, 3.05) is 19.8 Å². The van der Waals surface area contributed by atoms with Crippen molar-refractivity contribution in [2.45, 2.75) is 229 Å². The highest BCUT2D eigenvalue weighted by atomic mass is 16.8. The highest BCUT2D eigenvalue weighted by Crippen LogP contribution is 2.76. The Bertz CT molecular complexity index is 2290. The predicted molar refractivity (Wildman–Crippen MR) is 265 cm³/mol. The van der Waals surface area contributed by atoms with Crippen molar-refractivity contribution < 1.29 is 124 Å². The molecule has 0 bridgehead atoms. The molecule has 4 saturated carbocycles. The molecular formula is C54H84O25. The Morgan fingerprint density at radius 3 is 1.90 bits per heavy atom. The highest BCUT2D eigenvalue weighted by Gasteiger charge is 2.73. The summed E-state index contributed by atoms with van der Waals surface area (Å²) in [7, 11) is 0. The molecule has 0 aromatic carbocycles. The van der Waals surface area contributed by atoms with Crippen LogP contribution < -0.4 is 0 Å². The monoisotopic (exact) mass is 1130 g/mol. The smallest absolute Gasteiger partial charge is 0.317 e. The molecule has 25 heteroatoms. The minimum Gasteiger partial charge on any atom is -0.481 e. The van der Waals surface area contributed by atoms with Gasteiger partial charge in [-0.05, 0) is 111 Å². The molecule has 5 aliphatic carbocycles. The molecule has 3 heterocycles. The molecule has 0 aromatic rings. The Morgan fingerprint density at radius 2 is 1.27 bits per heavy atom. The molecule has 26 atom stereocenters. The van der Waals surface area contributed by atoms with Gasteiger partial charge in [0.1, 0.15) is 85.3 Å². The molecule has 0 aromatic heterocycles. The first kappa shape index (κ1) is 62.0. The summed E-state index contributed by atoms with van der Waals surface area (Å²) in [6, 6.07) is 0. The van der Waals surface area contributed by atoms with E-state index in [2.05, 4.69) is 40.7 Å². The SMILES string of the molecule is CC1(C)CCC2(C(=O)OC3OC(COC4OC(COC(=O)CC(C)(O)CC(=O)O)C(O)C(O)C4O)C(O)C(OC4OC(CO)C(O)C(O)C4O)C3O)C(O)CC3(C)C(=CCC4C5(C)CCC(O)C(C)(C(=O)O)C5CCC43C)C2C1. The molecule has 0 spiro atoms. The van der Waals surface area contributed by atoms with Gasteiger partial charge in [0.15, 0.2) is 12.6 Å². The number of carboxylic acid groups (broad SMARTS) is 2. The summed E-state index contributed by atoms with van der Waals surface area (Å²) < 4.78 is 40.3. The Morgan fingerprint density at radius 1 is 0.658 bits per heavy atom. The van der Waals surface area contributed by atoms with E-state index in [-0.39, 0.29) is 30.1 Å². The zero-order chi connectivity index (χ0) is 58.5. The zero-order valence-electron chi connectivity index (χ0n) is 45.8. The normalized spacial score (nSPS) is 49.3. The van der Waals surface area contributed by atoms with Crippen LogP contribution in [0.3, 0.4) is 0 Å². The molecule has 14 N–H and O–H groups in total. The molecule has 25 nitrogen and oxygen atoms in total. The van der Waals surface area contributed by atoms with Gasteiger partial charge in [0.2, 0.25) is 6.29 Å². The van der Waals surface area contributed by atoms with Crippen LogP contribution >= 0.6 is 0 Å². The number of aliphatic hydroxyl groups excluding tert-OH is 11. The highest BCUT2D eigenvalue weighted by molar-refractivity contribution is 5.80. The van der Waals surface area contributed by atoms with Crippen molar-refractivity contribution in [1.82, 2.24) is 0 Å². The lowest BCUT2D eigenvalue weighted by atomic mass is 9.33. The maximum Gasteiger partial charge on any atom is 0.317 e. The molecule has 26 unspecified atom stereocenters. The van der Waals surface area contributed by atoms with E-state index in [0.29, 0.717) is 44.9 Å². The van der Waals surface area contributed by atoms with Crippen molar-refractivity contribution >= 4 is 23.9 Å². The number of esters is 2. The van der Waals surface area contributed by atoms with Crippen LogP contribution in [0, 0.1) is 50.2 Å². The molecule has 7 fully saturated rings. The number of carboxylic acids is 2. The minimum atomic E-state index is -2.15. The number of rotatable bonds is 15. The summed E-state index contributed by atoms with van der Waals surface area (Å²) in [4.78, 5) is 52.2. The van der Waals surface area contributed by atoms with Crippen LogP contribution in [0.5, 0.6) is 0 Å². The van der Waals surface area contributed by atoms with Crippen LogP contribution in [0.4, 0.5) is 0 Å². The van der Waals surface area contributed by atoms with Crippen LogP contribution in [0.2, 0.25) is 0 Å². The third-order valence-corrected chi connectivity index (χ3v) is 20.7. The van der Waals surface area contributed by atoms with Crippen LogP contribution in [-0.4, -0.2) is 225 Å². The second-order valence-electron chi connectivity index (χ2n) is 26.1. The third kappa shape index (κ3) is 10.6. The van der Waals surface area contributed by atoms with Crippen molar-refractivity contribution in [2.24, 2.45) is 50.2 Å². The van der Waals surface area contributed by atoms with E-state index in [9.17, 15) is 80.8 Å². The van der Waals surface area contributed by atoms with Gasteiger partial charge in [-0.25, -0.2) is 0 Å². The number of fused-ring (bicyclic) bond motifs is 7. The number of hydrogen-bond acceptors (Lipinski definition) is 23. The van der Waals surface area contributed by atoms with E-state index in [1.54, 1.807) is 6.92 Å². The van der Waals surface area contributed by atoms with Crippen molar-refractivity contribution in [3.63, 3.8) is 0 Å². The number of carbonyl (C=O) groups is 4. The Labute approximate surface area is 457 Å². The average molecular weight is 1130 g/mol. The minimum absolute atomic E-state index is 0.0589. The van der Waals surface area contributed by atoms with E-state index in [1.165, 1.54) is 0 Å². The van der Waals surface area contributed by atoms with Gasteiger partial charge in [-0.15, -0.1) is 0 Å². The number of ether oxygens (including phenoxy) is 7. The topological polar surface area (TPSA) is 416 Å². The first-order valence-electron chi connectivity index (χ1n) is 27.5. The lowest BCUT2D eigenvalue weighted by molar-refractivity contribution is -0.363. The number of carbonyl (C=O) groups excluding carboxylic acids is 2. The number of hydrogen-bond donors (Lipinski definition) is 14. The second-order valence-corrected chi connectivity index (χ2v) is 26.1. The van der Waals surface area contributed by atoms with Gasteiger partial charge < -0.3 is 105 Å².